The normalized spacial score (nSPS) is 10.1. The smallest absolute Gasteiger partial charge is 0.257 e. The molecule has 0 spiro atoms. The van der Waals surface area contributed by atoms with Gasteiger partial charge in [0, 0.05) is 22.6 Å². The lowest BCUT2D eigenvalue weighted by atomic mass is 10.2. The molecule has 2 aromatic rings. The fourth-order valence-electron chi connectivity index (χ4n) is 1.70. The monoisotopic (exact) mass is 320 g/mol. The molecule has 0 unspecified atom stereocenters. The van der Waals surface area contributed by atoms with Crippen LogP contribution >= 0.6 is 15.9 Å². The fraction of sp³-hybridized carbons (Fsp3) is 0.143. The Kier molecular flexibility index (Phi) is 4.16. The SMILES string of the molecule is COc1ccc(NC(=O)c2cncc(Br)c2)cc1C. The van der Waals surface area contributed by atoms with Gasteiger partial charge in [0.2, 0.25) is 0 Å². The summed E-state index contributed by atoms with van der Waals surface area (Å²) in [6, 6.07) is 7.21. The van der Waals surface area contributed by atoms with Gasteiger partial charge in [0.15, 0.2) is 0 Å². The standard InChI is InChI=1S/C14H13BrN2O2/c1-9-5-12(3-4-13(9)19-2)17-14(18)10-6-11(15)8-16-7-10/h3-8H,1-2H3,(H,17,18). The Morgan fingerprint density at radius 1 is 1.32 bits per heavy atom. The summed E-state index contributed by atoms with van der Waals surface area (Å²) in [6.07, 6.45) is 3.16. The summed E-state index contributed by atoms with van der Waals surface area (Å²) in [5.74, 6) is 0.598. The fourth-order valence-corrected chi connectivity index (χ4v) is 2.06. The van der Waals surface area contributed by atoms with E-state index in [1.807, 2.05) is 19.1 Å². The first kappa shape index (κ1) is 13.5. The molecule has 5 heteroatoms. The number of hydrogen-bond donors (Lipinski definition) is 1. The summed E-state index contributed by atoms with van der Waals surface area (Å²) in [6.45, 7) is 1.93. The first-order valence-electron chi connectivity index (χ1n) is 5.66. The average molecular weight is 321 g/mol. The third-order valence-electron chi connectivity index (χ3n) is 2.62. The lowest BCUT2D eigenvalue weighted by Crippen LogP contribution is -2.12. The highest BCUT2D eigenvalue weighted by Gasteiger charge is 2.08. The van der Waals surface area contributed by atoms with Crippen LogP contribution in [0.15, 0.2) is 41.1 Å². The van der Waals surface area contributed by atoms with E-state index in [0.717, 1.165) is 21.5 Å². The van der Waals surface area contributed by atoms with Crippen molar-refractivity contribution < 1.29 is 9.53 Å². The molecule has 0 bridgehead atoms. The summed E-state index contributed by atoms with van der Waals surface area (Å²) in [5, 5.41) is 2.82. The number of aryl methyl sites for hydroxylation is 1. The highest BCUT2D eigenvalue weighted by molar-refractivity contribution is 9.10. The van der Waals surface area contributed by atoms with Gasteiger partial charge in [-0.1, -0.05) is 0 Å². The van der Waals surface area contributed by atoms with Crippen LogP contribution in [0.25, 0.3) is 0 Å². The number of nitrogens with zero attached hydrogens (tertiary/aromatic N) is 1. The molecule has 2 rings (SSSR count). The maximum Gasteiger partial charge on any atom is 0.257 e. The molecule has 19 heavy (non-hydrogen) atoms. The molecule has 0 fully saturated rings. The zero-order valence-electron chi connectivity index (χ0n) is 10.6. The molecule has 0 atom stereocenters. The van der Waals surface area contributed by atoms with E-state index in [1.54, 1.807) is 25.4 Å². The lowest BCUT2D eigenvalue weighted by Gasteiger charge is -2.09. The van der Waals surface area contributed by atoms with Gasteiger partial charge in [0.05, 0.1) is 12.7 Å². The van der Waals surface area contributed by atoms with Gasteiger partial charge in [0.25, 0.3) is 5.91 Å². The van der Waals surface area contributed by atoms with Gasteiger partial charge >= 0.3 is 0 Å². The van der Waals surface area contributed by atoms with Crippen LogP contribution in [0.4, 0.5) is 5.69 Å². The third-order valence-corrected chi connectivity index (χ3v) is 3.05. The molecule has 1 N–H and O–H groups in total. The van der Waals surface area contributed by atoms with Crippen LogP contribution in [0.2, 0.25) is 0 Å². The number of nitrogens with one attached hydrogen (secondary N) is 1. The van der Waals surface area contributed by atoms with Crippen LogP contribution in [0.1, 0.15) is 15.9 Å². The zero-order valence-corrected chi connectivity index (χ0v) is 12.2. The van der Waals surface area contributed by atoms with Gasteiger partial charge in [-0.05, 0) is 52.7 Å². The second kappa shape index (κ2) is 5.84. The van der Waals surface area contributed by atoms with Crippen LogP contribution in [0.3, 0.4) is 0 Å². The molecule has 98 valence electrons. The molecule has 1 aromatic heterocycles. The Balaban J connectivity index is 2.17. The molecular formula is C14H13BrN2O2. The number of carbonyl (C=O) groups is 1. The molecule has 0 aliphatic carbocycles. The zero-order chi connectivity index (χ0) is 13.8. The molecular weight excluding hydrogens is 308 g/mol. The van der Waals surface area contributed by atoms with Crippen LogP contribution in [-0.4, -0.2) is 18.0 Å². The van der Waals surface area contributed by atoms with Crippen LogP contribution < -0.4 is 10.1 Å². The van der Waals surface area contributed by atoms with E-state index >= 15 is 0 Å². The Morgan fingerprint density at radius 3 is 2.74 bits per heavy atom. The highest BCUT2D eigenvalue weighted by atomic mass is 79.9. The maximum atomic E-state index is 12.0. The number of rotatable bonds is 3. The van der Waals surface area contributed by atoms with Gasteiger partial charge in [-0.15, -0.1) is 0 Å². The van der Waals surface area contributed by atoms with E-state index < -0.39 is 0 Å². The van der Waals surface area contributed by atoms with E-state index in [-0.39, 0.29) is 5.91 Å². The van der Waals surface area contributed by atoms with E-state index in [0.29, 0.717) is 5.56 Å². The quantitative estimate of drug-likeness (QED) is 0.942. The summed E-state index contributed by atoms with van der Waals surface area (Å²) in [5.41, 5.74) is 2.19. The van der Waals surface area contributed by atoms with Gasteiger partial charge in [-0.2, -0.15) is 0 Å². The molecule has 0 saturated heterocycles. The van der Waals surface area contributed by atoms with Crippen molar-refractivity contribution in [3.05, 3.63) is 52.3 Å². The van der Waals surface area contributed by atoms with Gasteiger partial charge < -0.3 is 10.1 Å². The Labute approximate surface area is 119 Å². The van der Waals surface area contributed by atoms with Crippen molar-refractivity contribution >= 4 is 27.5 Å². The summed E-state index contributed by atoms with van der Waals surface area (Å²) < 4.78 is 5.95. The molecule has 1 aromatic carbocycles. The van der Waals surface area contributed by atoms with Crippen molar-refractivity contribution in [3.8, 4) is 5.75 Å². The minimum Gasteiger partial charge on any atom is -0.496 e. The van der Waals surface area contributed by atoms with Crippen LogP contribution in [-0.2, 0) is 0 Å². The van der Waals surface area contributed by atoms with Crippen LogP contribution in [0.5, 0.6) is 5.75 Å². The summed E-state index contributed by atoms with van der Waals surface area (Å²) >= 11 is 3.29. The first-order valence-corrected chi connectivity index (χ1v) is 6.46. The van der Waals surface area contributed by atoms with Crippen molar-refractivity contribution in [2.45, 2.75) is 6.92 Å². The topological polar surface area (TPSA) is 51.2 Å². The second-order valence-electron chi connectivity index (χ2n) is 4.03. The lowest BCUT2D eigenvalue weighted by molar-refractivity contribution is 0.102. The molecule has 0 radical (unpaired) electrons. The number of carbonyl (C=O) groups excluding carboxylic acids is 1. The number of halogens is 1. The molecule has 4 nitrogen and oxygen atoms in total. The number of ether oxygens (including phenoxy) is 1. The van der Waals surface area contributed by atoms with E-state index in [9.17, 15) is 4.79 Å². The van der Waals surface area contributed by atoms with Gasteiger partial charge in [-0.3, -0.25) is 9.78 Å². The molecule has 0 saturated carbocycles. The Hall–Kier alpha value is -1.88. The van der Waals surface area contributed by atoms with Crippen LogP contribution in [0, 0.1) is 6.92 Å². The number of pyridine rings is 1. The second-order valence-corrected chi connectivity index (χ2v) is 4.95. The Bertz CT molecular complexity index is 614. The number of methoxy groups -OCH3 is 1. The Morgan fingerprint density at radius 2 is 2.11 bits per heavy atom. The van der Waals surface area contributed by atoms with Crippen molar-refractivity contribution in [1.29, 1.82) is 0 Å². The van der Waals surface area contributed by atoms with Crippen molar-refractivity contribution in [2.75, 3.05) is 12.4 Å². The molecule has 1 amide bonds. The van der Waals surface area contributed by atoms with Crippen molar-refractivity contribution in [3.63, 3.8) is 0 Å². The average Bonchev–Trinajstić information content (AvgIpc) is 2.39. The van der Waals surface area contributed by atoms with Crippen molar-refractivity contribution in [2.24, 2.45) is 0 Å². The highest BCUT2D eigenvalue weighted by Crippen LogP contribution is 2.22. The first-order chi connectivity index (χ1) is 9.10. The maximum absolute atomic E-state index is 12.0. The number of benzene rings is 1. The third kappa shape index (κ3) is 3.32. The predicted molar refractivity (Wildman–Crippen MR) is 77.6 cm³/mol. The number of hydrogen-bond acceptors (Lipinski definition) is 3. The summed E-state index contributed by atoms with van der Waals surface area (Å²) in [7, 11) is 1.62. The van der Waals surface area contributed by atoms with E-state index in [1.165, 1.54) is 6.20 Å². The number of aromatic nitrogens is 1. The minimum absolute atomic E-state index is 0.196. The number of anilines is 1. The van der Waals surface area contributed by atoms with Crippen molar-refractivity contribution in [1.82, 2.24) is 4.98 Å². The van der Waals surface area contributed by atoms with E-state index in [2.05, 4.69) is 26.2 Å². The number of amides is 1. The van der Waals surface area contributed by atoms with E-state index in [4.69, 9.17) is 4.74 Å². The van der Waals surface area contributed by atoms with Gasteiger partial charge in [0.1, 0.15) is 5.75 Å². The summed E-state index contributed by atoms with van der Waals surface area (Å²) in [4.78, 5) is 16.0. The predicted octanol–water partition coefficient (Wildman–Crippen LogP) is 3.41. The molecule has 0 aliphatic rings. The van der Waals surface area contributed by atoms with Gasteiger partial charge in [-0.25, -0.2) is 0 Å². The molecule has 0 aliphatic heterocycles. The largest absolute Gasteiger partial charge is 0.496 e. The molecule has 1 heterocycles. The minimum atomic E-state index is -0.196.